The molecule has 2 N–H and O–H groups in total. The molecule has 0 saturated carbocycles. The fourth-order valence-electron chi connectivity index (χ4n) is 2.53. The maximum absolute atomic E-state index is 11.6. The number of nitrogens with one attached hydrogen (secondary N) is 2. The van der Waals surface area contributed by atoms with Crippen molar-refractivity contribution in [3.63, 3.8) is 0 Å². The summed E-state index contributed by atoms with van der Waals surface area (Å²) in [6.45, 7) is 2.63. The van der Waals surface area contributed by atoms with Gasteiger partial charge in [0.15, 0.2) is 0 Å². The lowest BCUT2D eigenvalue weighted by Gasteiger charge is -2.30. The summed E-state index contributed by atoms with van der Waals surface area (Å²) in [6.07, 6.45) is 6.57. The normalized spacial score (nSPS) is 24.4. The largest absolute Gasteiger partial charge is 0.353 e. The highest BCUT2D eigenvalue weighted by Crippen LogP contribution is 2.19. The van der Waals surface area contributed by atoms with E-state index in [2.05, 4.69) is 26.4 Å². The van der Waals surface area contributed by atoms with Gasteiger partial charge >= 0.3 is 0 Å². The number of imidazole rings is 2. The fourth-order valence-corrected chi connectivity index (χ4v) is 2.53. The smallest absolute Gasteiger partial charge is 0.237 e. The van der Waals surface area contributed by atoms with E-state index in [0.717, 1.165) is 17.9 Å². The third-order valence-corrected chi connectivity index (χ3v) is 3.57. The second kappa shape index (κ2) is 4.13. The van der Waals surface area contributed by atoms with Gasteiger partial charge in [0.25, 0.3) is 0 Å². The molecule has 0 bridgehead atoms. The molecule has 1 aliphatic rings. The highest BCUT2D eigenvalue weighted by atomic mass is 16.2. The van der Waals surface area contributed by atoms with Gasteiger partial charge in [0.1, 0.15) is 0 Å². The Morgan fingerprint density at radius 2 is 2.39 bits per heavy atom. The van der Waals surface area contributed by atoms with Gasteiger partial charge in [0.05, 0.1) is 17.8 Å². The van der Waals surface area contributed by atoms with Gasteiger partial charge in [-0.1, -0.05) is 6.92 Å². The summed E-state index contributed by atoms with van der Waals surface area (Å²) in [4.78, 5) is 15.9. The van der Waals surface area contributed by atoms with Crippen LogP contribution in [0.2, 0.25) is 0 Å². The maximum Gasteiger partial charge on any atom is 0.237 e. The predicted octanol–water partition coefficient (Wildman–Crippen LogP) is 0.212. The average Bonchev–Trinajstić information content (AvgIpc) is 2.94. The van der Waals surface area contributed by atoms with Crippen molar-refractivity contribution in [2.24, 2.45) is 7.05 Å². The number of hydrogen-bond acceptors (Lipinski definition) is 3. The Bertz CT molecular complexity index is 584. The minimum Gasteiger partial charge on any atom is -0.353 e. The molecule has 0 aliphatic carbocycles. The molecule has 18 heavy (non-hydrogen) atoms. The third kappa shape index (κ3) is 1.60. The van der Waals surface area contributed by atoms with Gasteiger partial charge in [-0.15, -0.1) is 0 Å². The van der Waals surface area contributed by atoms with Crippen molar-refractivity contribution >= 4 is 11.7 Å². The van der Waals surface area contributed by atoms with Crippen LogP contribution < -0.4 is 10.6 Å². The summed E-state index contributed by atoms with van der Waals surface area (Å²) < 4.78 is 4.05. The first-order valence-electron chi connectivity index (χ1n) is 6.22. The molecule has 0 aromatic carbocycles. The Morgan fingerprint density at radius 3 is 3.11 bits per heavy atom. The topological polar surface area (TPSA) is 63.4 Å². The lowest BCUT2D eigenvalue weighted by molar-refractivity contribution is -0.125. The number of hydrogen-bond donors (Lipinski definition) is 2. The molecule has 1 fully saturated rings. The van der Waals surface area contributed by atoms with E-state index in [-0.39, 0.29) is 18.0 Å². The highest BCUT2D eigenvalue weighted by Gasteiger charge is 2.29. The first-order chi connectivity index (χ1) is 8.70. The van der Waals surface area contributed by atoms with E-state index >= 15 is 0 Å². The first kappa shape index (κ1) is 11.3. The molecule has 3 heterocycles. The Balaban J connectivity index is 1.92. The number of nitrogens with zero attached hydrogens (tertiary/aromatic N) is 3. The highest BCUT2D eigenvalue weighted by molar-refractivity contribution is 5.82. The second-order valence-electron chi connectivity index (χ2n) is 4.67. The van der Waals surface area contributed by atoms with E-state index in [1.54, 1.807) is 6.20 Å². The number of amides is 1. The Labute approximate surface area is 105 Å². The van der Waals surface area contributed by atoms with E-state index in [9.17, 15) is 4.79 Å². The van der Waals surface area contributed by atoms with E-state index < -0.39 is 0 Å². The molecule has 2 atom stereocenters. The summed E-state index contributed by atoms with van der Waals surface area (Å²) in [5.41, 5.74) is 1.14. The molecule has 0 radical (unpaired) electrons. The monoisotopic (exact) mass is 247 g/mol. The molecule has 3 rings (SSSR count). The van der Waals surface area contributed by atoms with Crippen molar-refractivity contribution < 1.29 is 4.79 Å². The van der Waals surface area contributed by atoms with Crippen LogP contribution in [0.15, 0.2) is 18.6 Å². The van der Waals surface area contributed by atoms with Crippen LogP contribution >= 0.6 is 0 Å². The lowest BCUT2D eigenvalue weighted by Crippen LogP contribution is -2.54. The number of carbonyl (C=O) groups excluding carboxylic acids is 1. The summed E-state index contributed by atoms with van der Waals surface area (Å²) in [6, 6.07) is 0.0327. The molecule has 2 aromatic heterocycles. The van der Waals surface area contributed by atoms with Gasteiger partial charge < -0.3 is 9.88 Å². The van der Waals surface area contributed by atoms with E-state index in [1.165, 1.54) is 0 Å². The van der Waals surface area contributed by atoms with Crippen LogP contribution in [0.25, 0.3) is 5.78 Å². The van der Waals surface area contributed by atoms with Gasteiger partial charge in [-0.2, -0.15) is 0 Å². The summed E-state index contributed by atoms with van der Waals surface area (Å²) in [5, 5.41) is 6.34. The molecular formula is C12H17N5O. The standard InChI is InChI=1S/C12H17N5O/c1-3-8-11(18)14-6-9(15-8)10-7-17-5-4-13-12(17)16(10)2/h4-5,7-9,15H,3,6H2,1-2H3,(H,14,18). The van der Waals surface area contributed by atoms with E-state index in [1.807, 2.05) is 24.6 Å². The summed E-state index contributed by atoms with van der Waals surface area (Å²) in [7, 11) is 2.00. The summed E-state index contributed by atoms with van der Waals surface area (Å²) in [5.74, 6) is 1.00. The molecule has 1 saturated heterocycles. The second-order valence-corrected chi connectivity index (χ2v) is 4.67. The minimum absolute atomic E-state index is 0.0905. The quantitative estimate of drug-likeness (QED) is 0.797. The molecule has 1 amide bonds. The zero-order valence-electron chi connectivity index (χ0n) is 10.6. The van der Waals surface area contributed by atoms with Crippen molar-refractivity contribution in [1.82, 2.24) is 24.6 Å². The van der Waals surface area contributed by atoms with Gasteiger partial charge in [0.2, 0.25) is 11.7 Å². The van der Waals surface area contributed by atoms with Gasteiger partial charge in [-0.25, -0.2) is 4.98 Å². The number of carbonyl (C=O) groups is 1. The van der Waals surface area contributed by atoms with Gasteiger partial charge in [0, 0.05) is 32.2 Å². The molecular weight excluding hydrogens is 230 g/mol. The van der Waals surface area contributed by atoms with Crippen LogP contribution in [0, 0.1) is 0 Å². The molecule has 1 aliphatic heterocycles. The maximum atomic E-state index is 11.6. The lowest BCUT2D eigenvalue weighted by atomic mass is 10.1. The number of aromatic nitrogens is 3. The number of aryl methyl sites for hydroxylation is 1. The van der Waals surface area contributed by atoms with Crippen LogP contribution in [0.5, 0.6) is 0 Å². The van der Waals surface area contributed by atoms with Crippen molar-refractivity contribution in [3.05, 3.63) is 24.3 Å². The molecule has 2 unspecified atom stereocenters. The predicted molar refractivity (Wildman–Crippen MR) is 67.1 cm³/mol. The van der Waals surface area contributed by atoms with Crippen molar-refractivity contribution in [1.29, 1.82) is 0 Å². The molecule has 96 valence electrons. The van der Waals surface area contributed by atoms with E-state index in [0.29, 0.717) is 6.54 Å². The summed E-state index contributed by atoms with van der Waals surface area (Å²) >= 11 is 0. The average molecular weight is 247 g/mol. The molecule has 2 aromatic rings. The Hall–Kier alpha value is -1.82. The minimum atomic E-state index is -0.106. The van der Waals surface area contributed by atoms with Gasteiger partial charge in [-0.05, 0) is 6.42 Å². The van der Waals surface area contributed by atoms with Crippen LogP contribution in [0.4, 0.5) is 0 Å². The Kier molecular flexibility index (Phi) is 2.59. The number of fused-ring (bicyclic) bond motifs is 1. The molecule has 6 nitrogen and oxygen atoms in total. The van der Waals surface area contributed by atoms with Crippen molar-refractivity contribution in [2.75, 3.05) is 6.54 Å². The molecule has 6 heteroatoms. The SMILES string of the molecule is CCC1NC(c2cn3ccnc3n2C)CNC1=O. The fraction of sp³-hybridized carbons (Fsp3) is 0.500. The zero-order valence-corrected chi connectivity index (χ0v) is 10.6. The zero-order chi connectivity index (χ0) is 12.7. The first-order valence-corrected chi connectivity index (χ1v) is 6.22. The third-order valence-electron chi connectivity index (χ3n) is 3.57. The van der Waals surface area contributed by atoms with Crippen molar-refractivity contribution in [2.45, 2.75) is 25.4 Å². The number of rotatable bonds is 2. The number of piperazine rings is 1. The van der Waals surface area contributed by atoms with Crippen LogP contribution in [-0.2, 0) is 11.8 Å². The van der Waals surface area contributed by atoms with Crippen LogP contribution in [-0.4, -0.2) is 32.4 Å². The van der Waals surface area contributed by atoms with E-state index in [4.69, 9.17) is 0 Å². The van der Waals surface area contributed by atoms with Crippen molar-refractivity contribution in [3.8, 4) is 0 Å². The Morgan fingerprint density at radius 1 is 1.56 bits per heavy atom. The van der Waals surface area contributed by atoms with Crippen LogP contribution in [0.3, 0.4) is 0 Å². The van der Waals surface area contributed by atoms with Gasteiger partial charge in [-0.3, -0.25) is 14.5 Å². The molecule has 0 spiro atoms. The van der Waals surface area contributed by atoms with Crippen LogP contribution in [0.1, 0.15) is 25.1 Å².